The molecule has 154 valence electrons. The second-order valence-electron chi connectivity index (χ2n) is 7.87. The minimum atomic E-state index is 0.305. The molecule has 1 atom stereocenters. The molecule has 7 heteroatoms. The molecule has 1 unspecified atom stereocenters. The number of aromatic nitrogens is 2. The highest BCUT2D eigenvalue weighted by molar-refractivity contribution is 5.79. The maximum absolute atomic E-state index is 4.51. The van der Waals surface area contributed by atoms with Crippen molar-refractivity contribution < 1.29 is 0 Å². The molecule has 0 spiro atoms. The molecular formula is C20H39N7. The minimum absolute atomic E-state index is 0.305. The van der Waals surface area contributed by atoms with Gasteiger partial charge < -0.3 is 20.4 Å². The van der Waals surface area contributed by atoms with E-state index >= 15 is 0 Å². The molecule has 1 saturated heterocycles. The molecule has 2 heterocycles. The van der Waals surface area contributed by atoms with E-state index in [-0.39, 0.29) is 0 Å². The molecule has 0 aliphatic carbocycles. The van der Waals surface area contributed by atoms with Crippen LogP contribution in [0.15, 0.2) is 4.99 Å². The monoisotopic (exact) mass is 377 g/mol. The number of rotatable bonds is 7. The zero-order valence-corrected chi connectivity index (χ0v) is 18.2. The molecule has 0 bridgehead atoms. The summed E-state index contributed by atoms with van der Waals surface area (Å²) in [5.41, 5.74) is 3.70. The molecule has 2 N–H and O–H groups in total. The molecule has 2 rings (SSSR count). The first-order valence-electron chi connectivity index (χ1n) is 10.3. The Morgan fingerprint density at radius 3 is 2.63 bits per heavy atom. The average molecular weight is 378 g/mol. The molecule has 0 amide bonds. The molecular weight excluding hydrogens is 338 g/mol. The van der Waals surface area contributed by atoms with E-state index in [0.29, 0.717) is 6.04 Å². The van der Waals surface area contributed by atoms with Gasteiger partial charge in [0.15, 0.2) is 5.96 Å². The van der Waals surface area contributed by atoms with E-state index in [1.54, 1.807) is 0 Å². The SMILES string of the molecule is CN=C(NCCCN1CCCN(C)CC1)NC(C)Cc1c(C)nn(C)c1C. The Morgan fingerprint density at radius 2 is 1.96 bits per heavy atom. The molecule has 1 fully saturated rings. The van der Waals surface area contributed by atoms with Crippen molar-refractivity contribution in [2.24, 2.45) is 12.0 Å². The van der Waals surface area contributed by atoms with Gasteiger partial charge in [-0.15, -0.1) is 0 Å². The molecule has 27 heavy (non-hydrogen) atoms. The molecule has 0 saturated carbocycles. The first-order valence-corrected chi connectivity index (χ1v) is 10.3. The number of aliphatic imine (C=N–C) groups is 1. The summed E-state index contributed by atoms with van der Waals surface area (Å²) < 4.78 is 1.96. The van der Waals surface area contributed by atoms with Crippen molar-refractivity contribution in [3.05, 3.63) is 17.0 Å². The van der Waals surface area contributed by atoms with Gasteiger partial charge in [0.2, 0.25) is 0 Å². The first kappa shape index (κ1) is 21.7. The normalized spacial score (nSPS) is 18.4. The number of nitrogens with one attached hydrogen (secondary N) is 2. The highest BCUT2D eigenvalue weighted by Gasteiger charge is 2.14. The van der Waals surface area contributed by atoms with Crippen LogP contribution in [0.4, 0.5) is 0 Å². The van der Waals surface area contributed by atoms with E-state index < -0.39 is 0 Å². The Kier molecular flexibility index (Phi) is 8.57. The van der Waals surface area contributed by atoms with E-state index in [1.165, 1.54) is 43.9 Å². The minimum Gasteiger partial charge on any atom is -0.356 e. The fourth-order valence-electron chi connectivity index (χ4n) is 3.73. The van der Waals surface area contributed by atoms with Crippen molar-refractivity contribution in [3.63, 3.8) is 0 Å². The maximum Gasteiger partial charge on any atom is 0.191 e. The number of guanidine groups is 1. The molecule has 1 aromatic heterocycles. The van der Waals surface area contributed by atoms with E-state index in [0.717, 1.165) is 37.6 Å². The van der Waals surface area contributed by atoms with Crippen LogP contribution in [0.3, 0.4) is 0 Å². The molecule has 1 aromatic rings. The molecule has 0 radical (unpaired) electrons. The standard InChI is InChI=1S/C20H39N7/c1-16(15-19-17(2)24-26(6)18(19)3)23-20(21-4)22-9-7-11-27-12-8-10-25(5)13-14-27/h16H,7-15H2,1-6H3,(H2,21,22,23). The lowest BCUT2D eigenvalue weighted by molar-refractivity contribution is 0.274. The van der Waals surface area contributed by atoms with Gasteiger partial charge in [-0.05, 0) is 72.3 Å². The number of nitrogens with zero attached hydrogens (tertiary/aromatic N) is 5. The summed E-state index contributed by atoms with van der Waals surface area (Å²) in [6.45, 7) is 13.3. The van der Waals surface area contributed by atoms with Crippen LogP contribution in [0.25, 0.3) is 0 Å². The fraction of sp³-hybridized carbons (Fsp3) is 0.800. The summed E-state index contributed by atoms with van der Waals surface area (Å²) in [4.78, 5) is 9.39. The topological polar surface area (TPSA) is 60.7 Å². The Bertz CT molecular complexity index is 608. The quantitative estimate of drug-likeness (QED) is 0.424. The highest BCUT2D eigenvalue weighted by atomic mass is 15.3. The van der Waals surface area contributed by atoms with E-state index in [1.807, 2.05) is 18.8 Å². The van der Waals surface area contributed by atoms with Crippen molar-refractivity contribution in [1.29, 1.82) is 0 Å². The largest absolute Gasteiger partial charge is 0.356 e. The smallest absolute Gasteiger partial charge is 0.191 e. The predicted molar refractivity (Wildman–Crippen MR) is 114 cm³/mol. The van der Waals surface area contributed by atoms with Gasteiger partial charge in [-0.2, -0.15) is 5.10 Å². The molecule has 1 aliphatic rings. The number of aryl methyl sites for hydroxylation is 2. The summed E-state index contributed by atoms with van der Waals surface area (Å²) in [6, 6.07) is 0.305. The second kappa shape index (κ2) is 10.7. The van der Waals surface area contributed by atoms with Crippen LogP contribution in [0.5, 0.6) is 0 Å². The number of likely N-dealkylation sites (N-methyl/N-ethyl adjacent to an activating group) is 1. The Balaban J connectivity index is 1.70. The Morgan fingerprint density at radius 1 is 1.19 bits per heavy atom. The Labute approximate surface area is 165 Å². The van der Waals surface area contributed by atoms with Gasteiger partial charge in [-0.25, -0.2) is 0 Å². The van der Waals surface area contributed by atoms with Crippen LogP contribution < -0.4 is 10.6 Å². The van der Waals surface area contributed by atoms with E-state index in [2.05, 4.69) is 58.3 Å². The zero-order chi connectivity index (χ0) is 19.8. The Hall–Kier alpha value is -1.60. The first-order chi connectivity index (χ1) is 12.9. The highest BCUT2D eigenvalue weighted by Crippen LogP contribution is 2.14. The van der Waals surface area contributed by atoms with Crippen LogP contribution in [0, 0.1) is 13.8 Å². The third kappa shape index (κ3) is 6.81. The number of hydrogen-bond acceptors (Lipinski definition) is 4. The van der Waals surface area contributed by atoms with Crippen LogP contribution in [0.2, 0.25) is 0 Å². The van der Waals surface area contributed by atoms with E-state index in [4.69, 9.17) is 0 Å². The predicted octanol–water partition coefficient (Wildman–Crippen LogP) is 1.16. The average Bonchev–Trinajstić information content (AvgIpc) is 2.79. The van der Waals surface area contributed by atoms with Crippen molar-refractivity contribution in [3.8, 4) is 0 Å². The second-order valence-corrected chi connectivity index (χ2v) is 7.87. The van der Waals surface area contributed by atoms with Crippen LogP contribution >= 0.6 is 0 Å². The lowest BCUT2D eigenvalue weighted by Gasteiger charge is -2.21. The summed E-state index contributed by atoms with van der Waals surface area (Å²) in [5.74, 6) is 0.886. The third-order valence-corrected chi connectivity index (χ3v) is 5.53. The molecule has 0 aromatic carbocycles. The summed E-state index contributed by atoms with van der Waals surface area (Å²) in [5, 5.41) is 11.5. The lowest BCUT2D eigenvalue weighted by Crippen LogP contribution is -2.44. The summed E-state index contributed by atoms with van der Waals surface area (Å²) in [7, 11) is 6.07. The van der Waals surface area contributed by atoms with Crippen LogP contribution in [-0.2, 0) is 13.5 Å². The third-order valence-electron chi connectivity index (χ3n) is 5.53. The van der Waals surface area contributed by atoms with Gasteiger partial charge in [0.1, 0.15) is 0 Å². The van der Waals surface area contributed by atoms with Gasteiger partial charge >= 0.3 is 0 Å². The molecule has 1 aliphatic heterocycles. The van der Waals surface area contributed by atoms with Gasteiger partial charge in [0.05, 0.1) is 5.69 Å². The van der Waals surface area contributed by atoms with E-state index in [9.17, 15) is 0 Å². The maximum atomic E-state index is 4.51. The molecule has 7 nitrogen and oxygen atoms in total. The van der Waals surface area contributed by atoms with Gasteiger partial charge in [-0.3, -0.25) is 9.67 Å². The van der Waals surface area contributed by atoms with Gasteiger partial charge in [-0.1, -0.05) is 0 Å². The zero-order valence-electron chi connectivity index (χ0n) is 18.2. The van der Waals surface area contributed by atoms with Crippen molar-refractivity contribution in [1.82, 2.24) is 30.2 Å². The summed E-state index contributed by atoms with van der Waals surface area (Å²) >= 11 is 0. The van der Waals surface area contributed by atoms with Gasteiger partial charge in [0, 0.05) is 45.5 Å². The lowest BCUT2D eigenvalue weighted by atomic mass is 10.1. The van der Waals surface area contributed by atoms with Gasteiger partial charge in [0.25, 0.3) is 0 Å². The van der Waals surface area contributed by atoms with Crippen molar-refractivity contribution >= 4 is 5.96 Å². The number of hydrogen-bond donors (Lipinski definition) is 2. The van der Waals surface area contributed by atoms with Crippen molar-refractivity contribution in [2.45, 2.75) is 46.1 Å². The van der Waals surface area contributed by atoms with Crippen molar-refractivity contribution in [2.75, 3.05) is 53.4 Å². The van der Waals surface area contributed by atoms with Crippen LogP contribution in [-0.4, -0.2) is 84.9 Å². The summed E-state index contributed by atoms with van der Waals surface area (Å²) in [6.07, 6.45) is 3.37. The van der Waals surface area contributed by atoms with Crippen LogP contribution in [0.1, 0.15) is 36.7 Å². The fourth-order valence-corrected chi connectivity index (χ4v) is 3.73.